The molecule has 1 atom stereocenters. The number of anilines is 1. The molecule has 0 bridgehead atoms. The lowest BCUT2D eigenvalue weighted by molar-refractivity contribution is -0.134. The maximum atomic E-state index is 13.1. The number of likely N-dealkylation sites (N-methyl/N-ethyl adjacent to an activating group) is 1. The Morgan fingerprint density at radius 3 is 2.19 bits per heavy atom. The van der Waals surface area contributed by atoms with E-state index in [1.807, 2.05) is 32.9 Å². The van der Waals surface area contributed by atoms with E-state index in [-0.39, 0.29) is 5.91 Å². The van der Waals surface area contributed by atoms with E-state index in [4.69, 9.17) is 0 Å². The Morgan fingerprint density at radius 2 is 1.73 bits per heavy atom. The number of nitrogens with zero attached hydrogens (tertiary/aromatic N) is 3. The topological polar surface area (TPSA) is 60.9 Å². The summed E-state index contributed by atoms with van der Waals surface area (Å²) in [5.74, 6) is -0.105. The first-order valence-corrected chi connectivity index (χ1v) is 11.1. The van der Waals surface area contributed by atoms with Crippen molar-refractivity contribution >= 4 is 21.6 Å². The van der Waals surface area contributed by atoms with Crippen LogP contribution in [-0.2, 0) is 14.8 Å². The van der Waals surface area contributed by atoms with Crippen LogP contribution in [0.1, 0.15) is 31.4 Å². The largest absolute Gasteiger partial charge is 0.338 e. The highest BCUT2D eigenvalue weighted by Crippen LogP contribution is 2.26. The van der Waals surface area contributed by atoms with Crippen molar-refractivity contribution in [2.24, 2.45) is 0 Å². The van der Waals surface area contributed by atoms with Crippen LogP contribution >= 0.6 is 0 Å². The molecule has 0 aromatic heterocycles. The molecule has 0 unspecified atom stereocenters. The van der Waals surface area contributed by atoms with Crippen molar-refractivity contribution in [3.05, 3.63) is 29.3 Å². The van der Waals surface area contributed by atoms with Crippen molar-refractivity contribution in [1.82, 2.24) is 9.80 Å². The molecule has 1 aliphatic rings. The van der Waals surface area contributed by atoms with E-state index in [1.54, 1.807) is 11.0 Å². The molecular formula is C19H31N3O3S. The molecule has 7 heteroatoms. The van der Waals surface area contributed by atoms with Gasteiger partial charge in [0.2, 0.25) is 15.9 Å². The average molecular weight is 382 g/mol. The second kappa shape index (κ2) is 8.39. The third kappa shape index (κ3) is 4.57. The number of carbonyl (C=O) groups is 1. The fourth-order valence-electron chi connectivity index (χ4n) is 3.40. The zero-order valence-electron chi connectivity index (χ0n) is 16.5. The van der Waals surface area contributed by atoms with Gasteiger partial charge in [0, 0.05) is 26.2 Å². The number of hydrogen-bond donors (Lipinski definition) is 0. The predicted molar refractivity (Wildman–Crippen MR) is 106 cm³/mol. The van der Waals surface area contributed by atoms with Crippen LogP contribution in [0.25, 0.3) is 0 Å². The summed E-state index contributed by atoms with van der Waals surface area (Å²) >= 11 is 0. The van der Waals surface area contributed by atoms with Gasteiger partial charge >= 0.3 is 0 Å². The van der Waals surface area contributed by atoms with E-state index in [1.165, 1.54) is 10.6 Å². The molecule has 1 heterocycles. The minimum Gasteiger partial charge on any atom is -0.338 e. The number of piperazine rings is 1. The summed E-state index contributed by atoms with van der Waals surface area (Å²) in [5.41, 5.74) is 2.66. The van der Waals surface area contributed by atoms with E-state index in [2.05, 4.69) is 11.8 Å². The van der Waals surface area contributed by atoms with E-state index >= 15 is 0 Å². The monoisotopic (exact) mass is 381 g/mol. The first-order chi connectivity index (χ1) is 12.2. The molecule has 1 aliphatic heterocycles. The smallest absolute Gasteiger partial charge is 0.246 e. The number of benzene rings is 1. The Morgan fingerprint density at radius 1 is 1.12 bits per heavy atom. The highest BCUT2D eigenvalue weighted by atomic mass is 32.2. The van der Waals surface area contributed by atoms with Crippen LogP contribution in [0.15, 0.2) is 18.2 Å². The van der Waals surface area contributed by atoms with Crippen molar-refractivity contribution in [3.63, 3.8) is 0 Å². The van der Waals surface area contributed by atoms with Gasteiger partial charge in [-0.25, -0.2) is 8.42 Å². The number of amides is 1. The van der Waals surface area contributed by atoms with Crippen LogP contribution in [0.4, 0.5) is 5.69 Å². The Hall–Kier alpha value is -1.60. The molecule has 26 heavy (non-hydrogen) atoms. The summed E-state index contributed by atoms with van der Waals surface area (Å²) < 4.78 is 26.4. The zero-order chi connectivity index (χ0) is 19.5. The number of carbonyl (C=O) groups excluding carboxylic acids is 1. The second-order valence-electron chi connectivity index (χ2n) is 7.01. The summed E-state index contributed by atoms with van der Waals surface area (Å²) in [6.07, 6.45) is 1.61. The summed E-state index contributed by atoms with van der Waals surface area (Å²) in [5, 5.41) is 0. The van der Waals surface area contributed by atoms with E-state index < -0.39 is 16.1 Å². The maximum absolute atomic E-state index is 13.1. The highest BCUT2D eigenvalue weighted by molar-refractivity contribution is 7.92. The van der Waals surface area contributed by atoms with Gasteiger partial charge in [-0.3, -0.25) is 9.10 Å². The number of sulfonamides is 1. The number of hydrogen-bond acceptors (Lipinski definition) is 4. The summed E-state index contributed by atoms with van der Waals surface area (Å²) in [4.78, 5) is 17.2. The SMILES string of the molecule is CC[C@@H](C(=O)N1CCN(CC)CC1)N(c1ccc(C)c(C)c1)S(C)(=O)=O. The molecule has 0 N–H and O–H groups in total. The number of rotatable bonds is 6. The van der Waals surface area contributed by atoms with Crippen LogP contribution in [0.5, 0.6) is 0 Å². The minimum absolute atomic E-state index is 0.105. The van der Waals surface area contributed by atoms with Crippen LogP contribution in [0, 0.1) is 13.8 Å². The minimum atomic E-state index is -3.58. The van der Waals surface area contributed by atoms with Gasteiger partial charge in [-0.05, 0) is 50.1 Å². The van der Waals surface area contributed by atoms with Gasteiger partial charge in [0.15, 0.2) is 0 Å². The number of aryl methyl sites for hydroxylation is 2. The van der Waals surface area contributed by atoms with Gasteiger partial charge in [0.1, 0.15) is 6.04 Å². The van der Waals surface area contributed by atoms with Gasteiger partial charge in [0.25, 0.3) is 0 Å². The van der Waals surface area contributed by atoms with Crippen molar-refractivity contribution in [1.29, 1.82) is 0 Å². The molecular weight excluding hydrogens is 350 g/mol. The lowest BCUT2D eigenvalue weighted by Crippen LogP contribution is -2.55. The Balaban J connectivity index is 2.33. The fourth-order valence-corrected chi connectivity index (χ4v) is 4.60. The predicted octanol–water partition coefficient (Wildman–Crippen LogP) is 2.01. The van der Waals surface area contributed by atoms with Gasteiger partial charge in [-0.2, -0.15) is 0 Å². The summed E-state index contributed by atoms with van der Waals surface area (Å²) in [6, 6.07) is 4.83. The van der Waals surface area contributed by atoms with Gasteiger partial charge in [-0.1, -0.05) is 19.9 Å². The van der Waals surface area contributed by atoms with E-state index in [0.29, 0.717) is 25.2 Å². The lowest BCUT2D eigenvalue weighted by Gasteiger charge is -2.38. The second-order valence-corrected chi connectivity index (χ2v) is 8.87. The normalized spacial score (nSPS) is 17.2. The molecule has 1 amide bonds. The Bertz CT molecular complexity index is 740. The Labute approximate surface area is 157 Å². The van der Waals surface area contributed by atoms with Crippen LogP contribution in [0.3, 0.4) is 0 Å². The molecule has 0 saturated carbocycles. The van der Waals surface area contributed by atoms with Gasteiger partial charge < -0.3 is 9.80 Å². The van der Waals surface area contributed by atoms with Crippen molar-refractivity contribution in [2.75, 3.05) is 43.3 Å². The van der Waals surface area contributed by atoms with Crippen LogP contribution in [0.2, 0.25) is 0 Å². The molecule has 1 saturated heterocycles. The quantitative estimate of drug-likeness (QED) is 0.756. The molecule has 146 valence electrons. The maximum Gasteiger partial charge on any atom is 0.246 e. The summed E-state index contributed by atoms with van der Waals surface area (Å²) in [6.45, 7) is 11.8. The molecule has 1 fully saturated rings. The molecule has 0 aliphatic carbocycles. The first kappa shape index (κ1) is 20.7. The van der Waals surface area contributed by atoms with E-state index in [9.17, 15) is 13.2 Å². The zero-order valence-corrected chi connectivity index (χ0v) is 17.3. The third-order valence-corrected chi connectivity index (χ3v) is 6.37. The van der Waals surface area contributed by atoms with Gasteiger partial charge in [-0.15, -0.1) is 0 Å². The summed E-state index contributed by atoms with van der Waals surface area (Å²) in [7, 11) is -3.58. The van der Waals surface area contributed by atoms with Gasteiger partial charge in [0.05, 0.1) is 11.9 Å². The average Bonchev–Trinajstić information content (AvgIpc) is 2.60. The highest BCUT2D eigenvalue weighted by Gasteiger charge is 2.35. The molecule has 0 spiro atoms. The molecule has 6 nitrogen and oxygen atoms in total. The molecule has 1 aromatic rings. The Kier molecular flexibility index (Phi) is 6.69. The van der Waals surface area contributed by atoms with Crippen LogP contribution < -0.4 is 4.31 Å². The molecule has 2 rings (SSSR count). The lowest BCUT2D eigenvalue weighted by atomic mass is 10.1. The van der Waals surface area contributed by atoms with Crippen LogP contribution in [-0.4, -0.2) is 69.1 Å². The van der Waals surface area contributed by atoms with Crippen molar-refractivity contribution in [2.45, 2.75) is 40.2 Å². The van der Waals surface area contributed by atoms with E-state index in [0.717, 1.165) is 30.8 Å². The molecule has 0 radical (unpaired) electrons. The standard InChI is InChI=1S/C19H31N3O3S/c1-6-18(19(23)21-12-10-20(7-2)11-13-21)22(26(5,24)25)17-9-8-15(3)16(4)14-17/h8-9,14,18H,6-7,10-13H2,1-5H3/t18-/m0/s1. The van der Waals surface area contributed by atoms with Crippen molar-refractivity contribution < 1.29 is 13.2 Å². The fraction of sp³-hybridized carbons (Fsp3) is 0.632. The van der Waals surface area contributed by atoms with Crippen molar-refractivity contribution in [3.8, 4) is 0 Å². The third-order valence-electron chi connectivity index (χ3n) is 5.19. The first-order valence-electron chi connectivity index (χ1n) is 9.26. The molecule has 1 aromatic carbocycles.